The molecule has 0 bridgehead atoms. The summed E-state index contributed by atoms with van der Waals surface area (Å²) in [7, 11) is 0. The van der Waals surface area contributed by atoms with Crippen molar-refractivity contribution < 1.29 is 5.11 Å². The molecule has 0 aromatic heterocycles. The summed E-state index contributed by atoms with van der Waals surface area (Å²) in [6, 6.07) is 22.3. The highest BCUT2D eigenvalue weighted by Gasteiger charge is 2.27. The maximum absolute atomic E-state index is 11.0. The third-order valence-corrected chi connectivity index (χ3v) is 3.98. The molecule has 0 aliphatic heterocycles. The van der Waals surface area contributed by atoms with Crippen LogP contribution in [0, 0.1) is 6.92 Å². The van der Waals surface area contributed by atoms with Gasteiger partial charge in [-0.3, -0.25) is 0 Å². The molecule has 0 aliphatic carbocycles. The van der Waals surface area contributed by atoms with E-state index in [1.165, 1.54) is 5.39 Å². The van der Waals surface area contributed by atoms with Gasteiger partial charge >= 0.3 is 0 Å². The monoisotopic (exact) mass is 262 g/mol. The van der Waals surface area contributed by atoms with Gasteiger partial charge in [-0.2, -0.15) is 0 Å². The Morgan fingerprint density at radius 3 is 2.20 bits per heavy atom. The first kappa shape index (κ1) is 12.9. The minimum Gasteiger partial charge on any atom is -0.381 e. The van der Waals surface area contributed by atoms with Gasteiger partial charge in [-0.1, -0.05) is 60.7 Å². The Morgan fingerprint density at radius 1 is 0.800 bits per heavy atom. The third kappa shape index (κ3) is 2.10. The molecule has 3 aromatic carbocycles. The number of hydrogen-bond acceptors (Lipinski definition) is 1. The second-order valence-electron chi connectivity index (χ2n) is 5.45. The van der Waals surface area contributed by atoms with Gasteiger partial charge in [0.25, 0.3) is 0 Å². The minimum atomic E-state index is -0.977. The highest BCUT2D eigenvalue weighted by atomic mass is 16.3. The van der Waals surface area contributed by atoms with Crippen LogP contribution in [0.25, 0.3) is 10.8 Å². The maximum Gasteiger partial charge on any atom is 0.112 e. The molecule has 1 nitrogen and oxygen atoms in total. The highest BCUT2D eigenvalue weighted by molar-refractivity contribution is 5.83. The molecule has 0 radical (unpaired) electrons. The molecular formula is C19H18O. The summed E-state index contributed by atoms with van der Waals surface area (Å²) in [5.41, 5.74) is 2.00. The van der Waals surface area contributed by atoms with E-state index in [0.717, 1.165) is 22.1 Å². The number of aryl methyl sites for hydroxylation is 1. The second-order valence-corrected chi connectivity index (χ2v) is 5.45. The lowest BCUT2D eigenvalue weighted by Crippen LogP contribution is -2.23. The maximum atomic E-state index is 11.0. The molecule has 3 aromatic rings. The predicted octanol–water partition coefficient (Wildman–Crippen LogP) is 4.40. The predicted molar refractivity (Wildman–Crippen MR) is 83.8 cm³/mol. The molecule has 0 fully saturated rings. The van der Waals surface area contributed by atoms with Crippen LogP contribution >= 0.6 is 0 Å². The molecule has 1 atom stereocenters. The number of aliphatic hydroxyl groups is 1. The molecule has 0 saturated heterocycles. The van der Waals surface area contributed by atoms with E-state index in [0.29, 0.717) is 0 Å². The summed E-state index contributed by atoms with van der Waals surface area (Å²) in [6.45, 7) is 3.89. The number of rotatable bonds is 2. The molecule has 0 heterocycles. The van der Waals surface area contributed by atoms with Gasteiger partial charge in [0, 0.05) is 0 Å². The van der Waals surface area contributed by atoms with Crippen molar-refractivity contribution in [2.75, 3.05) is 0 Å². The van der Waals surface area contributed by atoms with E-state index in [4.69, 9.17) is 0 Å². The highest BCUT2D eigenvalue weighted by Crippen LogP contribution is 2.32. The summed E-state index contributed by atoms with van der Waals surface area (Å²) in [5.74, 6) is 0. The third-order valence-electron chi connectivity index (χ3n) is 3.98. The summed E-state index contributed by atoms with van der Waals surface area (Å²) >= 11 is 0. The molecule has 20 heavy (non-hydrogen) atoms. The molecule has 0 saturated carbocycles. The molecule has 1 heteroatoms. The zero-order chi connectivity index (χ0) is 14.2. The summed E-state index contributed by atoms with van der Waals surface area (Å²) in [4.78, 5) is 0. The van der Waals surface area contributed by atoms with E-state index < -0.39 is 5.60 Å². The zero-order valence-corrected chi connectivity index (χ0v) is 11.8. The molecule has 0 amide bonds. The summed E-state index contributed by atoms with van der Waals surface area (Å²) in [6.07, 6.45) is 0. The van der Waals surface area contributed by atoms with Gasteiger partial charge < -0.3 is 5.11 Å². The molecule has 1 unspecified atom stereocenters. The van der Waals surface area contributed by atoms with Crippen LogP contribution in [0.2, 0.25) is 0 Å². The number of fused-ring (bicyclic) bond motifs is 1. The van der Waals surface area contributed by atoms with Crippen molar-refractivity contribution in [3.05, 3.63) is 83.4 Å². The first-order chi connectivity index (χ1) is 9.59. The van der Waals surface area contributed by atoms with Gasteiger partial charge in [-0.15, -0.1) is 0 Å². The minimum absolute atomic E-state index is 0.922. The average molecular weight is 262 g/mol. The fourth-order valence-electron chi connectivity index (χ4n) is 2.77. The fourth-order valence-corrected chi connectivity index (χ4v) is 2.77. The molecule has 0 aliphatic rings. The van der Waals surface area contributed by atoms with Crippen molar-refractivity contribution >= 4 is 10.8 Å². The molecule has 3 rings (SSSR count). The zero-order valence-electron chi connectivity index (χ0n) is 11.8. The molecule has 1 N–H and O–H groups in total. The summed E-state index contributed by atoms with van der Waals surface area (Å²) in [5, 5.41) is 13.3. The van der Waals surface area contributed by atoms with Crippen molar-refractivity contribution in [2.24, 2.45) is 0 Å². The van der Waals surface area contributed by atoms with Crippen molar-refractivity contribution in [1.29, 1.82) is 0 Å². The van der Waals surface area contributed by atoms with Gasteiger partial charge in [0.2, 0.25) is 0 Å². The molecule has 100 valence electrons. The Bertz CT molecular complexity index is 756. The van der Waals surface area contributed by atoms with Crippen LogP contribution in [0.1, 0.15) is 23.6 Å². The average Bonchev–Trinajstić information content (AvgIpc) is 2.47. The van der Waals surface area contributed by atoms with Gasteiger partial charge in [0.05, 0.1) is 0 Å². The van der Waals surface area contributed by atoms with Crippen molar-refractivity contribution in [3.63, 3.8) is 0 Å². The SMILES string of the molecule is Cc1ccccc1C(C)(O)c1ccc2ccccc2c1. The quantitative estimate of drug-likeness (QED) is 0.725. The van der Waals surface area contributed by atoms with Crippen LogP contribution in [0.4, 0.5) is 0 Å². The Morgan fingerprint density at radius 2 is 1.45 bits per heavy atom. The van der Waals surface area contributed by atoms with Crippen molar-refractivity contribution in [3.8, 4) is 0 Å². The van der Waals surface area contributed by atoms with Crippen molar-refractivity contribution in [2.45, 2.75) is 19.4 Å². The lowest BCUT2D eigenvalue weighted by molar-refractivity contribution is 0.102. The van der Waals surface area contributed by atoms with E-state index >= 15 is 0 Å². The van der Waals surface area contributed by atoms with Gasteiger partial charge in [0.1, 0.15) is 5.60 Å². The van der Waals surface area contributed by atoms with E-state index in [9.17, 15) is 5.11 Å². The first-order valence-electron chi connectivity index (χ1n) is 6.87. The van der Waals surface area contributed by atoms with Gasteiger partial charge in [-0.05, 0) is 47.4 Å². The lowest BCUT2D eigenvalue weighted by Gasteiger charge is -2.26. The summed E-state index contributed by atoms with van der Waals surface area (Å²) < 4.78 is 0. The standard InChI is InChI=1S/C19H18O/c1-14-7-3-6-10-18(14)19(2,20)17-12-11-15-8-4-5-9-16(15)13-17/h3-13,20H,1-2H3. The Hall–Kier alpha value is -2.12. The number of benzene rings is 3. The van der Waals surface area contributed by atoms with Gasteiger partial charge in [0.15, 0.2) is 0 Å². The Balaban J connectivity index is 2.16. The van der Waals surface area contributed by atoms with Crippen LogP contribution in [0.15, 0.2) is 66.7 Å². The van der Waals surface area contributed by atoms with Crippen molar-refractivity contribution in [1.82, 2.24) is 0 Å². The first-order valence-corrected chi connectivity index (χ1v) is 6.87. The van der Waals surface area contributed by atoms with Gasteiger partial charge in [-0.25, -0.2) is 0 Å². The Kier molecular flexibility index (Phi) is 3.07. The van der Waals surface area contributed by atoms with E-state index in [1.807, 2.05) is 56.3 Å². The van der Waals surface area contributed by atoms with Crippen LogP contribution in [-0.2, 0) is 5.60 Å². The molecule has 0 spiro atoms. The topological polar surface area (TPSA) is 20.2 Å². The largest absolute Gasteiger partial charge is 0.381 e. The Labute approximate surface area is 119 Å². The number of hydrogen-bond donors (Lipinski definition) is 1. The van der Waals surface area contributed by atoms with E-state index in [-0.39, 0.29) is 0 Å². The second kappa shape index (κ2) is 4.77. The lowest BCUT2D eigenvalue weighted by atomic mass is 9.85. The fraction of sp³-hybridized carbons (Fsp3) is 0.158. The smallest absolute Gasteiger partial charge is 0.112 e. The van der Waals surface area contributed by atoms with E-state index in [2.05, 4.69) is 24.3 Å². The van der Waals surface area contributed by atoms with Crippen LogP contribution < -0.4 is 0 Å². The molecular weight excluding hydrogens is 244 g/mol. The van der Waals surface area contributed by atoms with Crippen LogP contribution in [-0.4, -0.2) is 5.11 Å². The van der Waals surface area contributed by atoms with Crippen LogP contribution in [0.5, 0.6) is 0 Å². The van der Waals surface area contributed by atoms with Crippen LogP contribution in [0.3, 0.4) is 0 Å². The normalized spacial score (nSPS) is 14.2. The van der Waals surface area contributed by atoms with E-state index in [1.54, 1.807) is 0 Å².